The number of phenolic OH excluding ortho intramolecular Hbond substituents is 1. The Morgan fingerprint density at radius 1 is 1.53 bits per heavy atom. The molecule has 0 spiro atoms. The van der Waals surface area contributed by atoms with Gasteiger partial charge in [-0.15, -0.1) is 0 Å². The summed E-state index contributed by atoms with van der Waals surface area (Å²) < 4.78 is 6.02. The number of hydrogen-bond donors (Lipinski definition) is 1. The van der Waals surface area contributed by atoms with Crippen LogP contribution in [-0.2, 0) is 4.74 Å². The molecule has 0 saturated heterocycles. The third kappa shape index (κ3) is 3.48. The highest BCUT2D eigenvalue weighted by Gasteiger charge is 2.21. The van der Waals surface area contributed by atoms with E-state index in [1.54, 1.807) is 30.2 Å². The first-order valence-corrected chi connectivity index (χ1v) is 7.14. The van der Waals surface area contributed by atoms with Crippen LogP contribution in [0.15, 0.2) is 29.8 Å². The standard InChI is InChI=1S/C14H16INO3/c1-19-9-10-4-6-16(7-5-10)14(18)12-8-11(15)2-3-13(12)17/h2-4,8,17H,5-7,9H2,1H3. The van der Waals surface area contributed by atoms with Crippen LogP contribution in [0, 0.1) is 3.57 Å². The summed E-state index contributed by atoms with van der Waals surface area (Å²) in [5.41, 5.74) is 1.59. The molecule has 0 saturated carbocycles. The molecule has 1 N–H and O–H groups in total. The molecule has 0 unspecified atom stereocenters. The van der Waals surface area contributed by atoms with Crippen molar-refractivity contribution in [3.05, 3.63) is 39.0 Å². The van der Waals surface area contributed by atoms with Gasteiger partial charge in [-0.2, -0.15) is 0 Å². The summed E-state index contributed by atoms with van der Waals surface area (Å²) in [6, 6.07) is 5.05. The van der Waals surface area contributed by atoms with Crippen molar-refractivity contribution in [1.29, 1.82) is 0 Å². The molecule has 4 nitrogen and oxygen atoms in total. The average molecular weight is 373 g/mol. The van der Waals surface area contributed by atoms with E-state index in [0.29, 0.717) is 25.3 Å². The Balaban J connectivity index is 2.11. The van der Waals surface area contributed by atoms with Crippen LogP contribution >= 0.6 is 22.6 Å². The van der Waals surface area contributed by atoms with Gasteiger partial charge in [-0.1, -0.05) is 6.08 Å². The van der Waals surface area contributed by atoms with Gasteiger partial charge in [0.15, 0.2) is 0 Å². The van der Waals surface area contributed by atoms with Crippen molar-refractivity contribution in [1.82, 2.24) is 4.90 Å². The third-order valence-corrected chi connectivity index (χ3v) is 3.78. The normalized spacial score (nSPS) is 15.3. The Labute approximate surface area is 126 Å². The lowest BCUT2D eigenvalue weighted by atomic mass is 10.1. The van der Waals surface area contributed by atoms with E-state index in [1.807, 2.05) is 6.08 Å². The second-order valence-corrected chi connectivity index (χ2v) is 5.70. The number of phenols is 1. The minimum atomic E-state index is -0.122. The molecule has 0 fully saturated rings. The van der Waals surface area contributed by atoms with E-state index in [2.05, 4.69) is 22.6 Å². The van der Waals surface area contributed by atoms with E-state index in [-0.39, 0.29) is 11.7 Å². The second-order valence-electron chi connectivity index (χ2n) is 4.46. The molecule has 0 aliphatic carbocycles. The molecule has 1 aliphatic rings. The summed E-state index contributed by atoms with van der Waals surface area (Å²) in [5.74, 6) is -0.0826. The number of aromatic hydroxyl groups is 1. The molecule has 0 radical (unpaired) electrons. The molecular formula is C14H16INO3. The number of methoxy groups -OCH3 is 1. The number of rotatable bonds is 3. The van der Waals surface area contributed by atoms with Crippen LogP contribution in [-0.4, -0.2) is 42.7 Å². The molecule has 1 aromatic rings. The van der Waals surface area contributed by atoms with Crippen molar-refractivity contribution in [2.45, 2.75) is 6.42 Å². The number of nitrogens with zero attached hydrogens (tertiary/aromatic N) is 1. The quantitative estimate of drug-likeness (QED) is 0.654. The first-order valence-electron chi connectivity index (χ1n) is 6.06. The minimum Gasteiger partial charge on any atom is -0.507 e. The first kappa shape index (κ1) is 14.3. The predicted octanol–water partition coefficient (Wildman–Crippen LogP) is 2.42. The van der Waals surface area contributed by atoms with Gasteiger partial charge < -0.3 is 14.7 Å². The Bertz CT molecular complexity index is 513. The summed E-state index contributed by atoms with van der Waals surface area (Å²) >= 11 is 2.13. The largest absolute Gasteiger partial charge is 0.507 e. The molecule has 1 heterocycles. The molecule has 19 heavy (non-hydrogen) atoms. The second kappa shape index (κ2) is 6.38. The van der Waals surface area contributed by atoms with Crippen LogP contribution in [0.2, 0.25) is 0 Å². The summed E-state index contributed by atoms with van der Waals surface area (Å²) in [4.78, 5) is 14.1. The number of ether oxygens (including phenoxy) is 1. The molecule has 5 heteroatoms. The van der Waals surface area contributed by atoms with Crippen molar-refractivity contribution in [2.75, 3.05) is 26.8 Å². The molecule has 0 bridgehead atoms. The Morgan fingerprint density at radius 2 is 2.32 bits per heavy atom. The van der Waals surface area contributed by atoms with E-state index in [9.17, 15) is 9.90 Å². The first-order chi connectivity index (χ1) is 9.11. The van der Waals surface area contributed by atoms with Gasteiger partial charge in [0.1, 0.15) is 5.75 Å². The van der Waals surface area contributed by atoms with Gasteiger partial charge >= 0.3 is 0 Å². The molecule has 1 amide bonds. The van der Waals surface area contributed by atoms with Gasteiger partial charge in [-0.25, -0.2) is 0 Å². The van der Waals surface area contributed by atoms with Crippen LogP contribution < -0.4 is 0 Å². The van der Waals surface area contributed by atoms with Crippen molar-refractivity contribution < 1.29 is 14.6 Å². The Hall–Kier alpha value is -1.08. The third-order valence-electron chi connectivity index (χ3n) is 3.11. The van der Waals surface area contributed by atoms with Gasteiger partial charge in [-0.05, 0) is 52.8 Å². The highest BCUT2D eigenvalue weighted by atomic mass is 127. The summed E-state index contributed by atoms with van der Waals surface area (Å²) in [5, 5.41) is 9.79. The summed E-state index contributed by atoms with van der Waals surface area (Å²) in [7, 11) is 1.67. The van der Waals surface area contributed by atoms with Gasteiger partial charge in [0.05, 0.1) is 12.2 Å². The predicted molar refractivity (Wildman–Crippen MR) is 81.3 cm³/mol. The molecule has 0 aromatic heterocycles. The number of hydrogen-bond acceptors (Lipinski definition) is 3. The van der Waals surface area contributed by atoms with Crippen molar-refractivity contribution in [3.63, 3.8) is 0 Å². The van der Waals surface area contributed by atoms with Crippen LogP contribution in [0.25, 0.3) is 0 Å². The van der Waals surface area contributed by atoms with Crippen LogP contribution in [0.5, 0.6) is 5.75 Å². The molecule has 1 aromatic carbocycles. The minimum absolute atomic E-state index is 0.0390. The van der Waals surface area contributed by atoms with Crippen molar-refractivity contribution in [3.8, 4) is 5.75 Å². The van der Waals surface area contributed by atoms with Gasteiger partial charge in [0.25, 0.3) is 5.91 Å². The van der Waals surface area contributed by atoms with Gasteiger partial charge in [0.2, 0.25) is 0 Å². The van der Waals surface area contributed by atoms with Crippen molar-refractivity contribution in [2.24, 2.45) is 0 Å². The maximum absolute atomic E-state index is 12.3. The maximum atomic E-state index is 12.3. The van der Waals surface area contributed by atoms with Gasteiger partial charge in [0, 0.05) is 23.8 Å². The Morgan fingerprint density at radius 3 is 2.95 bits per heavy atom. The zero-order chi connectivity index (χ0) is 13.8. The molecule has 102 valence electrons. The fourth-order valence-corrected chi connectivity index (χ4v) is 2.55. The van der Waals surface area contributed by atoms with E-state index in [4.69, 9.17) is 4.74 Å². The molecule has 2 rings (SSSR count). The highest BCUT2D eigenvalue weighted by molar-refractivity contribution is 14.1. The summed E-state index contributed by atoms with van der Waals surface area (Å²) in [6.45, 7) is 1.86. The van der Waals surface area contributed by atoms with Gasteiger partial charge in [-0.3, -0.25) is 4.79 Å². The smallest absolute Gasteiger partial charge is 0.257 e. The van der Waals surface area contributed by atoms with E-state index in [0.717, 1.165) is 9.99 Å². The number of halogens is 1. The average Bonchev–Trinajstić information content (AvgIpc) is 2.42. The maximum Gasteiger partial charge on any atom is 0.257 e. The topological polar surface area (TPSA) is 49.8 Å². The zero-order valence-corrected chi connectivity index (χ0v) is 12.9. The lowest BCUT2D eigenvalue weighted by Gasteiger charge is -2.26. The fraction of sp³-hybridized carbons (Fsp3) is 0.357. The van der Waals surface area contributed by atoms with E-state index < -0.39 is 0 Å². The molecule has 0 atom stereocenters. The molecule has 1 aliphatic heterocycles. The van der Waals surface area contributed by atoms with Crippen LogP contribution in [0.1, 0.15) is 16.8 Å². The lowest BCUT2D eigenvalue weighted by molar-refractivity contribution is 0.0762. The number of carbonyl (C=O) groups excluding carboxylic acids is 1. The number of carbonyl (C=O) groups is 1. The fourth-order valence-electron chi connectivity index (χ4n) is 2.06. The number of benzene rings is 1. The summed E-state index contributed by atoms with van der Waals surface area (Å²) in [6.07, 6.45) is 2.85. The SMILES string of the molecule is COCC1=CCN(C(=O)c2cc(I)ccc2O)CC1. The van der Waals surface area contributed by atoms with E-state index >= 15 is 0 Å². The van der Waals surface area contributed by atoms with Crippen LogP contribution in [0.4, 0.5) is 0 Å². The monoisotopic (exact) mass is 373 g/mol. The lowest BCUT2D eigenvalue weighted by Crippen LogP contribution is -2.35. The molecular weight excluding hydrogens is 357 g/mol. The Kier molecular flexibility index (Phi) is 4.81. The zero-order valence-electron chi connectivity index (χ0n) is 10.7. The highest BCUT2D eigenvalue weighted by Crippen LogP contribution is 2.23. The number of amides is 1. The van der Waals surface area contributed by atoms with E-state index in [1.165, 1.54) is 5.57 Å². The van der Waals surface area contributed by atoms with Crippen LogP contribution in [0.3, 0.4) is 0 Å². The van der Waals surface area contributed by atoms with Crippen molar-refractivity contribution >= 4 is 28.5 Å².